The van der Waals surface area contributed by atoms with Crippen LogP contribution in [0.4, 0.5) is 5.69 Å². The lowest BCUT2D eigenvalue weighted by Crippen LogP contribution is -2.29. The van der Waals surface area contributed by atoms with Crippen LogP contribution in [-0.2, 0) is 6.54 Å². The molecule has 4 heteroatoms. The Morgan fingerprint density at radius 3 is 2.64 bits per heavy atom. The second-order valence-corrected chi connectivity index (χ2v) is 6.26. The van der Waals surface area contributed by atoms with E-state index in [2.05, 4.69) is 41.9 Å². The highest BCUT2D eigenvalue weighted by Crippen LogP contribution is 2.14. The summed E-state index contributed by atoms with van der Waals surface area (Å²) in [6.07, 6.45) is 0.938. The highest BCUT2D eigenvalue weighted by atomic mass is 15.1. The van der Waals surface area contributed by atoms with Gasteiger partial charge in [-0.2, -0.15) is 5.26 Å². The van der Waals surface area contributed by atoms with E-state index in [1.165, 1.54) is 11.1 Å². The van der Waals surface area contributed by atoms with Crippen LogP contribution in [0.15, 0.2) is 60.8 Å². The first-order valence-corrected chi connectivity index (χ1v) is 8.53. The van der Waals surface area contributed by atoms with Crippen molar-refractivity contribution in [3.05, 3.63) is 77.5 Å². The third-order valence-corrected chi connectivity index (χ3v) is 3.92. The Morgan fingerprint density at radius 2 is 2.00 bits per heavy atom. The summed E-state index contributed by atoms with van der Waals surface area (Å²) in [5.74, 6) is 0. The van der Waals surface area contributed by atoms with Crippen LogP contribution in [0.1, 0.15) is 23.1 Å². The van der Waals surface area contributed by atoms with E-state index in [1.807, 2.05) is 36.4 Å². The van der Waals surface area contributed by atoms with Gasteiger partial charge in [0.2, 0.25) is 0 Å². The quantitative estimate of drug-likeness (QED) is 0.735. The Morgan fingerprint density at radius 1 is 1.24 bits per heavy atom. The second kappa shape index (κ2) is 9.63. The maximum Gasteiger partial charge on any atom is 0.0991 e. The number of rotatable bonds is 9. The lowest BCUT2D eigenvalue weighted by Gasteiger charge is -2.24. The Labute approximate surface area is 150 Å². The number of benzene rings is 2. The maximum absolute atomic E-state index is 8.91. The highest BCUT2D eigenvalue weighted by molar-refractivity contribution is 5.49. The SMILES string of the molecule is C=C(CN(CCCN)Cc1ccc(C#N)cc1)Nc1cccc(C)c1. The summed E-state index contributed by atoms with van der Waals surface area (Å²) in [4.78, 5) is 2.32. The van der Waals surface area contributed by atoms with Gasteiger partial charge in [-0.05, 0) is 55.3 Å². The topological polar surface area (TPSA) is 65.1 Å². The summed E-state index contributed by atoms with van der Waals surface area (Å²) in [5, 5.41) is 12.3. The number of aryl methyl sites for hydroxylation is 1. The minimum atomic E-state index is 0.668. The molecule has 0 bridgehead atoms. The molecule has 0 heterocycles. The molecule has 2 rings (SSSR count). The van der Waals surface area contributed by atoms with Crippen molar-refractivity contribution in [1.29, 1.82) is 5.26 Å². The molecule has 0 spiro atoms. The molecule has 0 amide bonds. The number of hydrogen-bond donors (Lipinski definition) is 2. The summed E-state index contributed by atoms with van der Waals surface area (Å²) < 4.78 is 0. The molecule has 2 aromatic carbocycles. The molecule has 3 N–H and O–H groups in total. The van der Waals surface area contributed by atoms with Gasteiger partial charge in [-0.25, -0.2) is 0 Å². The van der Waals surface area contributed by atoms with E-state index in [0.717, 1.165) is 37.4 Å². The van der Waals surface area contributed by atoms with Crippen molar-refractivity contribution in [3.63, 3.8) is 0 Å². The third kappa shape index (κ3) is 6.42. The Kier molecular flexibility index (Phi) is 7.21. The molecule has 25 heavy (non-hydrogen) atoms. The minimum Gasteiger partial charge on any atom is -0.358 e. The average molecular weight is 334 g/mol. The molecule has 0 aromatic heterocycles. The zero-order chi connectivity index (χ0) is 18.1. The van der Waals surface area contributed by atoms with E-state index in [4.69, 9.17) is 11.0 Å². The molecule has 130 valence electrons. The molecule has 0 saturated carbocycles. The van der Waals surface area contributed by atoms with Crippen LogP contribution >= 0.6 is 0 Å². The molecular weight excluding hydrogens is 308 g/mol. The summed E-state index contributed by atoms with van der Waals surface area (Å²) in [7, 11) is 0. The van der Waals surface area contributed by atoms with Crippen molar-refractivity contribution in [2.45, 2.75) is 19.9 Å². The van der Waals surface area contributed by atoms with Gasteiger partial charge < -0.3 is 11.1 Å². The molecule has 0 radical (unpaired) electrons. The van der Waals surface area contributed by atoms with Crippen LogP contribution < -0.4 is 11.1 Å². The van der Waals surface area contributed by atoms with E-state index in [0.29, 0.717) is 12.1 Å². The van der Waals surface area contributed by atoms with E-state index in [-0.39, 0.29) is 0 Å². The van der Waals surface area contributed by atoms with Gasteiger partial charge in [0.05, 0.1) is 11.6 Å². The molecule has 2 aromatic rings. The number of nitrogens with two attached hydrogens (primary N) is 1. The fourth-order valence-electron chi connectivity index (χ4n) is 2.71. The van der Waals surface area contributed by atoms with Gasteiger partial charge in [0.15, 0.2) is 0 Å². The Hall–Kier alpha value is -2.61. The van der Waals surface area contributed by atoms with Crippen molar-refractivity contribution in [2.75, 3.05) is 25.0 Å². The van der Waals surface area contributed by atoms with Crippen LogP contribution in [0.25, 0.3) is 0 Å². The van der Waals surface area contributed by atoms with Crippen LogP contribution in [-0.4, -0.2) is 24.5 Å². The molecular formula is C21H26N4. The van der Waals surface area contributed by atoms with Gasteiger partial charge in [-0.3, -0.25) is 4.90 Å². The monoisotopic (exact) mass is 334 g/mol. The van der Waals surface area contributed by atoms with Gasteiger partial charge in [-0.15, -0.1) is 0 Å². The van der Waals surface area contributed by atoms with Crippen molar-refractivity contribution >= 4 is 5.69 Å². The molecule has 0 saturated heterocycles. The zero-order valence-corrected chi connectivity index (χ0v) is 14.8. The van der Waals surface area contributed by atoms with Crippen molar-refractivity contribution < 1.29 is 0 Å². The number of anilines is 1. The van der Waals surface area contributed by atoms with E-state index < -0.39 is 0 Å². The first-order valence-electron chi connectivity index (χ1n) is 8.53. The molecule has 0 aliphatic heterocycles. The lowest BCUT2D eigenvalue weighted by atomic mass is 10.1. The van der Waals surface area contributed by atoms with Crippen LogP contribution in [0.2, 0.25) is 0 Å². The molecule has 4 nitrogen and oxygen atoms in total. The Balaban J connectivity index is 1.98. The standard InChI is InChI=1S/C21H26N4/c1-17-5-3-6-21(13-17)24-18(2)15-25(12-4-11-22)16-20-9-7-19(14-23)8-10-20/h3,5-10,13,24H,2,4,11-12,15-16,22H2,1H3. The fraction of sp³-hybridized carbons (Fsp3) is 0.286. The summed E-state index contributed by atoms with van der Waals surface area (Å²) in [6.45, 7) is 9.37. The Bertz CT molecular complexity index is 728. The molecule has 0 atom stereocenters. The van der Waals surface area contributed by atoms with Crippen molar-refractivity contribution in [1.82, 2.24) is 4.90 Å². The van der Waals surface area contributed by atoms with Gasteiger partial charge >= 0.3 is 0 Å². The number of nitrogens with zero attached hydrogens (tertiary/aromatic N) is 2. The maximum atomic E-state index is 8.91. The van der Waals surface area contributed by atoms with Gasteiger partial charge in [0, 0.05) is 31.0 Å². The van der Waals surface area contributed by atoms with Crippen molar-refractivity contribution in [3.8, 4) is 6.07 Å². The van der Waals surface area contributed by atoms with Crippen molar-refractivity contribution in [2.24, 2.45) is 5.73 Å². The molecule has 0 unspecified atom stereocenters. The minimum absolute atomic E-state index is 0.668. The zero-order valence-electron chi connectivity index (χ0n) is 14.8. The third-order valence-electron chi connectivity index (χ3n) is 3.92. The van der Waals surface area contributed by atoms with E-state index in [1.54, 1.807) is 0 Å². The summed E-state index contributed by atoms with van der Waals surface area (Å²) in [6, 6.07) is 18.1. The number of nitrogens with one attached hydrogen (secondary N) is 1. The van der Waals surface area contributed by atoms with Gasteiger partial charge in [0.1, 0.15) is 0 Å². The predicted octanol–water partition coefficient (Wildman–Crippen LogP) is 3.64. The van der Waals surface area contributed by atoms with Crippen LogP contribution in [0.3, 0.4) is 0 Å². The lowest BCUT2D eigenvalue weighted by molar-refractivity contribution is 0.287. The molecule has 0 aliphatic rings. The number of hydrogen-bond acceptors (Lipinski definition) is 4. The first kappa shape index (κ1) is 18.7. The molecule has 0 aliphatic carbocycles. The highest BCUT2D eigenvalue weighted by Gasteiger charge is 2.08. The van der Waals surface area contributed by atoms with E-state index in [9.17, 15) is 0 Å². The molecule has 0 fully saturated rings. The second-order valence-electron chi connectivity index (χ2n) is 6.26. The predicted molar refractivity (Wildman–Crippen MR) is 104 cm³/mol. The fourth-order valence-corrected chi connectivity index (χ4v) is 2.71. The number of nitriles is 1. The first-order chi connectivity index (χ1) is 12.1. The summed E-state index contributed by atoms with van der Waals surface area (Å²) >= 11 is 0. The van der Waals surface area contributed by atoms with Crippen LogP contribution in [0.5, 0.6) is 0 Å². The smallest absolute Gasteiger partial charge is 0.0991 e. The van der Waals surface area contributed by atoms with Gasteiger partial charge in [0.25, 0.3) is 0 Å². The normalized spacial score (nSPS) is 10.5. The average Bonchev–Trinajstić information content (AvgIpc) is 2.60. The van der Waals surface area contributed by atoms with E-state index >= 15 is 0 Å². The van der Waals surface area contributed by atoms with Gasteiger partial charge in [-0.1, -0.05) is 30.8 Å². The van der Waals surface area contributed by atoms with Crippen LogP contribution in [0, 0.1) is 18.3 Å². The summed E-state index contributed by atoms with van der Waals surface area (Å²) in [5.41, 5.74) is 10.8. The largest absolute Gasteiger partial charge is 0.358 e.